The first kappa shape index (κ1) is 13.2. The van der Waals surface area contributed by atoms with Crippen molar-refractivity contribution in [2.75, 3.05) is 5.88 Å². The second-order valence-electron chi connectivity index (χ2n) is 3.95. The van der Waals surface area contributed by atoms with Crippen LogP contribution in [0.2, 0.25) is 0 Å². The molecule has 0 unspecified atom stereocenters. The molecule has 18 heavy (non-hydrogen) atoms. The molecule has 2 aromatic carbocycles. The molecule has 0 aliphatic carbocycles. The highest BCUT2D eigenvalue weighted by molar-refractivity contribution is 6.34. The summed E-state index contributed by atoms with van der Waals surface area (Å²) in [6, 6.07) is 20.3. The summed E-state index contributed by atoms with van der Waals surface area (Å²) in [5, 5.41) is 0.808. The normalized spacial score (nSPS) is 10.1. The minimum Gasteiger partial charge on any atom is -0.126 e. The van der Waals surface area contributed by atoms with Gasteiger partial charge in [-0.25, -0.2) is 0 Å². The van der Waals surface area contributed by atoms with Crippen LogP contribution < -0.4 is 0 Å². The van der Waals surface area contributed by atoms with E-state index in [1.54, 1.807) is 0 Å². The van der Waals surface area contributed by atoms with Gasteiger partial charge >= 0.3 is 0 Å². The van der Waals surface area contributed by atoms with Gasteiger partial charge in [-0.1, -0.05) is 72.3 Å². The molecular formula is C16H14Cl2. The molecule has 0 nitrogen and oxygen atoms in total. The molecule has 2 heteroatoms. The van der Waals surface area contributed by atoms with Crippen molar-refractivity contribution in [1.29, 1.82) is 0 Å². The van der Waals surface area contributed by atoms with Crippen LogP contribution in [0, 0.1) is 0 Å². The smallest absolute Gasteiger partial charge is 0.0277 e. The number of rotatable bonds is 4. The van der Waals surface area contributed by atoms with Crippen LogP contribution in [0.25, 0.3) is 5.57 Å². The summed E-state index contributed by atoms with van der Waals surface area (Å²) in [4.78, 5) is 0. The van der Waals surface area contributed by atoms with Gasteiger partial charge in [-0.05, 0) is 17.5 Å². The summed E-state index contributed by atoms with van der Waals surface area (Å²) in [5.74, 6) is 0.530. The molecule has 0 heterocycles. The number of benzene rings is 2. The lowest BCUT2D eigenvalue weighted by Crippen LogP contribution is -1.91. The van der Waals surface area contributed by atoms with Crippen LogP contribution in [0.5, 0.6) is 0 Å². The molecule has 0 aliphatic rings. The predicted molar refractivity (Wildman–Crippen MR) is 80.1 cm³/mol. The van der Waals surface area contributed by atoms with Gasteiger partial charge in [-0.3, -0.25) is 0 Å². The van der Waals surface area contributed by atoms with Crippen LogP contribution >= 0.6 is 23.2 Å². The minimum atomic E-state index is 0.530. The van der Waals surface area contributed by atoms with Crippen molar-refractivity contribution in [2.24, 2.45) is 0 Å². The first-order valence-corrected chi connectivity index (χ1v) is 6.79. The van der Waals surface area contributed by atoms with E-state index >= 15 is 0 Å². The van der Waals surface area contributed by atoms with Gasteiger partial charge in [0, 0.05) is 16.5 Å². The van der Waals surface area contributed by atoms with E-state index in [0.29, 0.717) is 12.3 Å². The van der Waals surface area contributed by atoms with Crippen LogP contribution in [0.15, 0.2) is 65.7 Å². The molecule has 0 amide bonds. The Hall–Kier alpha value is -1.24. The first-order chi connectivity index (χ1) is 8.83. The van der Waals surface area contributed by atoms with Crippen molar-refractivity contribution in [3.05, 3.63) is 76.8 Å². The maximum Gasteiger partial charge on any atom is 0.0277 e. The van der Waals surface area contributed by atoms with Gasteiger partial charge in [0.15, 0.2) is 0 Å². The third-order valence-corrected chi connectivity index (χ3v) is 3.28. The topological polar surface area (TPSA) is 0 Å². The Balaban J connectivity index is 2.52. The van der Waals surface area contributed by atoms with Crippen LogP contribution in [-0.4, -0.2) is 5.88 Å². The van der Waals surface area contributed by atoms with Crippen molar-refractivity contribution in [1.82, 2.24) is 0 Å². The van der Waals surface area contributed by atoms with E-state index in [9.17, 15) is 0 Å². The lowest BCUT2D eigenvalue weighted by molar-refractivity contribution is 1.20. The maximum absolute atomic E-state index is 6.41. The molecule has 2 rings (SSSR count). The molecule has 0 aromatic heterocycles. The van der Waals surface area contributed by atoms with Crippen molar-refractivity contribution >= 4 is 28.8 Å². The molecule has 0 fully saturated rings. The second kappa shape index (κ2) is 6.63. The summed E-state index contributed by atoms with van der Waals surface area (Å²) in [6.45, 7) is 0. The highest BCUT2D eigenvalue weighted by Crippen LogP contribution is 2.30. The standard InChI is InChI=1S/C16H14Cl2/c17-12-11-15(18)16(13-7-3-1-4-8-13)14-9-5-2-6-10-14/h1-10H,11-12H2. The molecule has 0 bridgehead atoms. The molecule has 0 spiro atoms. The third kappa shape index (κ3) is 3.16. The van der Waals surface area contributed by atoms with E-state index < -0.39 is 0 Å². The summed E-state index contributed by atoms with van der Waals surface area (Å²) in [6.07, 6.45) is 0.683. The fourth-order valence-electron chi connectivity index (χ4n) is 1.90. The van der Waals surface area contributed by atoms with Crippen LogP contribution in [0.1, 0.15) is 17.5 Å². The Labute approximate surface area is 118 Å². The number of hydrogen-bond donors (Lipinski definition) is 0. The second-order valence-corrected chi connectivity index (χ2v) is 4.79. The Kier molecular flexibility index (Phi) is 4.86. The average Bonchev–Trinajstić information content (AvgIpc) is 2.42. The van der Waals surface area contributed by atoms with E-state index in [1.807, 2.05) is 36.4 Å². The fourth-order valence-corrected chi connectivity index (χ4v) is 2.50. The molecule has 0 atom stereocenters. The lowest BCUT2D eigenvalue weighted by atomic mass is 9.97. The Morgan fingerprint density at radius 3 is 1.61 bits per heavy atom. The zero-order valence-corrected chi connectivity index (χ0v) is 11.5. The minimum absolute atomic E-state index is 0.530. The van der Waals surface area contributed by atoms with Gasteiger partial charge in [0.25, 0.3) is 0 Å². The molecule has 0 saturated carbocycles. The van der Waals surface area contributed by atoms with Crippen LogP contribution in [0.4, 0.5) is 0 Å². The summed E-state index contributed by atoms with van der Waals surface area (Å²) in [5.41, 5.74) is 3.32. The van der Waals surface area contributed by atoms with Gasteiger partial charge in [0.05, 0.1) is 0 Å². The maximum atomic E-state index is 6.41. The predicted octanol–water partition coefficient (Wildman–Crippen LogP) is 5.31. The highest BCUT2D eigenvalue weighted by Gasteiger charge is 2.09. The number of allylic oxidation sites excluding steroid dienone is 1. The zero-order chi connectivity index (χ0) is 12.8. The molecule has 0 N–H and O–H groups in total. The monoisotopic (exact) mass is 276 g/mol. The van der Waals surface area contributed by atoms with E-state index in [4.69, 9.17) is 23.2 Å². The molecule has 92 valence electrons. The molecule has 2 aromatic rings. The quantitative estimate of drug-likeness (QED) is 0.664. The van der Waals surface area contributed by atoms with E-state index in [1.165, 1.54) is 0 Å². The Bertz CT molecular complexity index is 474. The molecule has 0 aliphatic heterocycles. The SMILES string of the molecule is ClCCC(Cl)=C(c1ccccc1)c1ccccc1. The fraction of sp³-hybridized carbons (Fsp3) is 0.125. The van der Waals surface area contributed by atoms with Gasteiger partial charge in [-0.2, -0.15) is 0 Å². The van der Waals surface area contributed by atoms with E-state index in [2.05, 4.69) is 24.3 Å². The summed E-state index contributed by atoms with van der Waals surface area (Å²) < 4.78 is 0. The van der Waals surface area contributed by atoms with Gasteiger partial charge < -0.3 is 0 Å². The highest BCUT2D eigenvalue weighted by atomic mass is 35.5. The van der Waals surface area contributed by atoms with Gasteiger partial charge in [0.1, 0.15) is 0 Å². The number of alkyl halides is 1. The van der Waals surface area contributed by atoms with Crippen molar-refractivity contribution < 1.29 is 0 Å². The molecular weight excluding hydrogens is 263 g/mol. The first-order valence-electron chi connectivity index (χ1n) is 5.88. The van der Waals surface area contributed by atoms with E-state index in [0.717, 1.165) is 21.7 Å². The Morgan fingerprint density at radius 2 is 1.22 bits per heavy atom. The summed E-state index contributed by atoms with van der Waals surface area (Å²) in [7, 11) is 0. The van der Waals surface area contributed by atoms with Crippen LogP contribution in [0.3, 0.4) is 0 Å². The number of halogens is 2. The average molecular weight is 277 g/mol. The van der Waals surface area contributed by atoms with Crippen LogP contribution in [-0.2, 0) is 0 Å². The van der Waals surface area contributed by atoms with E-state index in [-0.39, 0.29) is 0 Å². The molecule has 0 saturated heterocycles. The van der Waals surface area contributed by atoms with Crippen molar-refractivity contribution in [3.63, 3.8) is 0 Å². The van der Waals surface area contributed by atoms with Crippen molar-refractivity contribution in [2.45, 2.75) is 6.42 Å². The molecule has 0 radical (unpaired) electrons. The largest absolute Gasteiger partial charge is 0.126 e. The van der Waals surface area contributed by atoms with Crippen molar-refractivity contribution in [3.8, 4) is 0 Å². The van der Waals surface area contributed by atoms with Gasteiger partial charge in [0.2, 0.25) is 0 Å². The van der Waals surface area contributed by atoms with Gasteiger partial charge in [-0.15, -0.1) is 11.6 Å². The number of hydrogen-bond acceptors (Lipinski definition) is 0. The summed E-state index contributed by atoms with van der Waals surface area (Å²) >= 11 is 12.2. The third-order valence-electron chi connectivity index (χ3n) is 2.71. The lowest BCUT2D eigenvalue weighted by Gasteiger charge is -2.11. The zero-order valence-electron chi connectivity index (χ0n) is 9.94. The Morgan fingerprint density at radius 1 is 0.778 bits per heavy atom.